The van der Waals surface area contributed by atoms with Crippen LogP contribution in [-0.2, 0) is 11.3 Å². The lowest BCUT2D eigenvalue weighted by Crippen LogP contribution is -2.44. The van der Waals surface area contributed by atoms with Gasteiger partial charge in [0.05, 0.1) is 0 Å². The van der Waals surface area contributed by atoms with Gasteiger partial charge >= 0.3 is 18.0 Å². The first-order valence-corrected chi connectivity index (χ1v) is 8.24. The van der Waals surface area contributed by atoms with Crippen LogP contribution in [0.2, 0.25) is 5.15 Å². The summed E-state index contributed by atoms with van der Waals surface area (Å²) in [5.74, 6) is -0.637. The van der Waals surface area contributed by atoms with Gasteiger partial charge in [0, 0.05) is 0 Å². The molecular weight excluding hydrogens is 459 g/mol. The van der Waals surface area contributed by atoms with Crippen LogP contribution in [0, 0.1) is 0 Å². The zero-order valence-corrected chi connectivity index (χ0v) is 15.0. The number of rotatable bonds is 3. The number of nitrogen functional groups attached to an aromatic ring is 1. The molecule has 0 aliphatic carbocycles. The molecule has 3 rings (SSSR count). The molecule has 0 saturated carbocycles. The predicted molar refractivity (Wildman–Crippen MR) is 84.1 cm³/mol. The number of nitrogens with two attached hydrogens (primary N) is 1. The van der Waals surface area contributed by atoms with Crippen LogP contribution in [0.3, 0.4) is 0 Å². The Morgan fingerprint density at radius 3 is 2.37 bits per heavy atom. The molecule has 2 aromatic rings. The summed E-state index contributed by atoms with van der Waals surface area (Å²) in [6, 6.07) is 0. The topological polar surface area (TPSA) is 128 Å². The first-order chi connectivity index (χ1) is 13.6. The fourth-order valence-corrected chi connectivity index (χ4v) is 3.29. The first-order valence-electron chi connectivity index (χ1n) is 7.86. The molecule has 0 bridgehead atoms. The molecule has 1 aliphatic rings. The lowest BCUT2D eigenvalue weighted by Gasteiger charge is -2.22. The molecule has 168 valence electrons. The molecule has 0 amide bonds. The Bertz CT molecular complexity index is 1020. The molecule has 9 nitrogen and oxygen atoms in total. The lowest BCUT2D eigenvalue weighted by atomic mass is 10.1. The second-order valence-electron chi connectivity index (χ2n) is 6.31. The average Bonchev–Trinajstić information content (AvgIpc) is 3.00. The Hall–Kier alpha value is -2.17. The Morgan fingerprint density at radius 2 is 1.83 bits per heavy atom. The van der Waals surface area contributed by atoms with Gasteiger partial charge in [0.25, 0.3) is 0 Å². The molecule has 30 heavy (non-hydrogen) atoms. The van der Waals surface area contributed by atoms with Crippen molar-refractivity contribution in [2.45, 2.75) is 49.6 Å². The highest BCUT2D eigenvalue weighted by Gasteiger charge is 2.56. The van der Waals surface area contributed by atoms with Gasteiger partial charge in [0.1, 0.15) is 24.3 Å². The van der Waals surface area contributed by atoms with Gasteiger partial charge < -0.3 is 20.7 Å². The molecule has 17 heteroatoms. The Kier molecular flexibility index (Phi) is 5.41. The number of alkyl halides is 7. The van der Waals surface area contributed by atoms with E-state index in [-0.39, 0.29) is 9.13 Å². The van der Waals surface area contributed by atoms with Gasteiger partial charge in [0.15, 0.2) is 29.3 Å². The molecule has 3 heterocycles. The van der Waals surface area contributed by atoms with E-state index in [1.54, 1.807) is 0 Å². The Labute approximate surface area is 165 Å². The third kappa shape index (κ3) is 3.79. The summed E-state index contributed by atoms with van der Waals surface area (Å²) in [6.45, 7) is -1.92. The van der Waals surface area contributed by atoms with E-state index in [9.17, 15) is 45.7 Å². The lowest BCUT2D eigenvalue weighted by molar-refractivity contribution is -0.241. The van der Waals surface area contributed by atoms with Crippen molar-refractivity contribution in [3.05, 3.63) is 15.6 Å². The number of halogens is 8. The molecule has 0 radical (unpaired) electrons. The summed E-state index contributed by atoms with van der Waals surface area (Å²) in [5, 5.41) is 18.5. The number of fused-ring (bicyclic) bond motifs is 1. The molecular formula is C13H11ClF7N5O4. The Morgan fingerprint density at radius 1 is 1.23 bits per heavy atom. The van der Waals surface area contributed by atoms with Gasteiger partial charge in [-0.2, -0.15) is 36.3 Å². The standard InChI is InChI=1S/C13H11ClF7N5O4/c14-7-3-8(24-10(22)23-7)26(11(29)25(3)1-12(16,17)18)9-4(27)2(15)5(30-9)6(28)13(19,20)21/h2,4-6,9,27-28H,1H2,(H2,22,23,24)/t2-,4-,5+,6?,9-/m1/s1. The largest absolute Gasteiger partial charge is 0.417 e. The van der Waals surface area contributed by atoms with Crippen molar-refractivity contribution in [2.75, 3.05) is 5.73 Å². The number of aromatic nitrogens is 4. The smallest absolute Gasteiger partial charge is 0.385 e. The molecule has 0 spiro atoms. The maximum absolute atomic E-state index is 14.2. The fourth-order valence-electron chi connectivity index (χ4n) is 3.02. The minimum Gasteiger partial charge on any atom is -0.385 e. The van der Waals surface area contributed by atoms with Crippen LogP contribution in [-0.4, -0.2) is 66.2 Å². The molecule has 4 N–H and O–H groups in total. The van der Waals surface area contributed by atoms with E-state index in [2.05, 4.69) is 9.97 Å². The van der Waals surface area contributed by atoms with E-state index in [1.807, 2.05) is 0 Å². The zero-order valence-electron chi connectivity index (χ0n) is 14.2. The van der Waals surface area contributed by atoms with Crippen molar-refractivity contribution in [1.29, 1.82) is 0 Å². The molecule has 5 atom stereocenters. The number of hydrogen-bond acceptors (Lipinski definition) is 7. The summed E-state index contributed by atoms with van der Waals surface area (Å²) >= 11 is 5.75. The normalized spacial score (nSPS) is 26.5. The summed E-state index contributed by atoms with van der Waals surface area (Å²) < 4.78 is 96.1. The van der Waals surface area contributed by atoms with E-state index in [0.29, 0.717) is 0 Å². The van der Waals surface area contributed by atoms with Crippen LogP contribution in [0.4, 0.5) is 36.7 Å². The van der Waals surface area contributed by atoms with Crippen LogP contribution < -0.4 is 11.4 Å². The van der Waals surface area contributed by atoms with Crippen LogP contribution >= 0.6 is 11.6 Å². The van der Waals surface area contributed by atoms with Gasteiger partial charge in [-0.3, -0.25) is 4.57 Å². The molecule has 0 aromatic carbocycles. The van der Waals surface area contributed by atoms with Crippen LogP contribution in [0.1, 0.15) is 6.23 Å². The van der Waals surface area contributed by atoms with Crippen LogP contribution in [0.15, 0.2) is 4.79 Å². The number of imidazole rings is 1. The summed E-state index contributed by atoms with van der Waals surface area (Å²) in [5.41, 5.74) is 2.29. The highest BCUT2D eigenvalue weighted by atomic mass is 35.5. The van der Waals surface area contributed by atoms with Crippen LogP contribution in [0.25, 0.3) is 11.2 Å². The quantitative estimate of drug-likeness (QED) is 0.450. The minimum absolute atomic E-state index is 0.0218. The van der Waals surface area contributed by atoms with Crippen molar-refractivity contribution < 1.29 is 45.7 Å². The zero-order chi connectivity index (χ0) is 22.8. The fraction of sp³-hybridized carbons (Fsp3) is 0.615. The van der Waals surface area contributed by atoms with E-state index < -0.39 is 77.6 Å². The van der Waals surface area contributed by atoms with Crippen molar-refractivity contribution in [3.63, 3.8) is 0 Å². The highest BCUT2D eigenvalue weighted by Crippen LogP contribution is 2.38. The van der Waals surface area contributed by atoms with Crippen molar-refractivity contribution in [2.24, 2.45) is 0 Å². The molecule has 2 aromatic heterocycles. The van der Waals surface area contributed by atoms with Gasteiger partial charge in [-0.25, -0.2) is 13.8 Å². The summed E-state index contributed by atoms with van der Waals surface area (Å²) in [7, 11) is 0. The van der Waals surface area contributed by atoms with Gasteiger partial charge in [0.2, 0.25) is 5.95 Å². The van der Waals surface area contributed by atoms with Crippen molar-refractivity contribution in [3.8, 4) is 0 Å². The Balaban J connectivity index is 2.19. The molecule has 1 fully saturated rings. The number of anilines is 1. The van der Waals surface area contributed by atoms with Crippen LogP contribution in [0.5, 0.6) is 0 Å². The second-order valence-corrected chi connectivity index (χ2v) is 6.67. The summed E-state index contributed by atoms with van der Waals surface area (Å²) in [4.78, 5) is 19.5. The van der Waals surface area contributed by atoms with Gasteiger partial charge in [-0.15, -0.1) is 0 Å². The number of nitrogens with zero attached hydrogens (tertiary/aromatic N) is 4. The van der Waals surface area contributed by atoms with E-state index in [1.165, 1.54) is 0 Å². The monoisotopic (exact) mass is 469 g/mol. The minimum atomic E-state index is -5.35. The first kappa shape index (κ1) is 22.5. The SMILES string of the molecule is Nc1nc(Cl)c2c(n1)n([C@@H]1O[C@H](C(O)C(F)(F)F)[C@H](F)[C@H]1O)c(=O)n2CC(F)(F)F. The average molecular weight is 470 g/mol. The van der Waals surface area contributed by atoms with E-state index in [4.69, 9.17) is 22.1 Å². The number of ether oxygens (including phenoxy) is 1. The molecule has 1 unspecified atom stereocenters. The predicted octanol–water partition coefficient (Wildman–Crippen LogP) is 0.910. The number of hydrogen-bond donors (Lipinski definition) is 3. The summed E-state index contributed by atoms with van der Waals surface area (Å²) in [6.07, 6.45) is -24.0. The van der Waals surface area contributed by atoms with E-state index in [0.717, 1.165) is 0 Å². The number of aliphatic hydroxyl groups excluding tert-OH is 2. The van der Waals surface area contributed by atoms with Crippen molar-refractivity contribution >= 4 is 28.7 Å². The third-order valence-electron chi connectivity index (χ3n) is 4.24. The maximum Gasteiger partial charge on any atom is 0.417 e. The number of aliphatic hydroxyl groups is 2. The second kappa shape index (κ2) is 7.21. The molecule has 1 aliphatic heterocycles. The third-order valence-corrected chi connectivity index (χ3v) is 4.51. The highest BCUT2D eigenvalue weighted by molar-refractivity contribution is 6.33. The van der Waals surface area contributed by atoms with E-state index >= 15 is 0 Å². The maximum atomic E-state index is 14.2. The van der Waals surface area contributed by atoms with Gasteiger partial charge in [-0.1, -0.05) is 11.6 Å². The van der Waals surface area contributed by atoms with Crippen molar-refractivity contribution in [1.82, 2.24) is 19.1 Å². The van der Waals surface area contributed by atoms with Gasteiger partial charge in [-0.05, 0) is 0 Å². The molecule has 1 saturated heterocycles.